The van der Waals surface area contributed by atoms with E-state index < -0.39 is 0 Å². The quantitative estimate of drug-likeness (QED) is 0.137. The molecule has 384 valence electrons. The van der Waals surface area contributed by atoms with Crippen molar-refractivity contribution in [1.29, 1.82) is 0 Å². The van der Waals surface area contributed by atoms with Gasteiger partial charge in [0.2, 0.25) is 5.95 Å². The summed E-state index contributed by atoms with van der Waals surface area (Å²) in [6.45, 7) is 0. The van der Waals surface area contributed by atoms with E-state index in [1.807, 2.05) is 0 Å². The summed E-state index contributed by atoms with van der Waals surface area (Å²) >= 11 is 0. The second-order valence-electron chi connectivity index (χ2n) is 21.0. The third kappa shape index (κ3) is 7.88. The van der Waals surface area contributed by atoms with Gasteiger partial charge in [-0.3, -0.25) is 4.57 Å². The van der Waals surface area contributed by atoms with Crippen LogP contribution in [0, 0.1) is 0 Å². The molecular weight excluding hydrogens is 997 g/mol. The van der Waals surface area contributed by atoms with Crippen LogP contribution in [-0.4, -0.2) is 23.7 Å². The molecule has 12 aromatic carbocycles. The molecule has 0 fully saturated rings. The standard InChI is InChI=1S/C76H50N6/c1-5-20-52(21-6-1)68-50-69(78-76(77-68)82-72-35-18-15-32-64(72)67-49-55(40-45-75(67)82)54-39-44-73-66(48-54)62-30-13-16-33-70(62)80(73)59-27-11-4-12-28-59)56-22-19-29-61(46-56)81-71-34-17-14-31-63(71)65-47-53(38-43-74(65)81)51-36-41-60(42-37-51)79(57-23-7-2-8-24-57)58-25-9-3-10-26-58/h1-50H. The first kappa shape index (κ1) is 47.0. The zero-order valence-electron chi connectivity index (χ0n) is 44.6. The summed E-state index contributed by atoms with van der Waals surface area (Å²) in [5.74, 6) is 0.612. The fraction of sp³-hybridized carbons (Fsp3) is 0. The predicted octanol–water partition coefficient (Wildman–Crippen LogP) is 19.9. The molecule has 0 N–H and O–H groups in total. The Morgan fingerprint density at radius 2 is 0.585 bits per heavy atom. The third-order valence-electron chi connectivity index (χ3n) is 16.2. The lowest BCUT2D eigenvalue weighted by Gasteiger charge is -2.25. The van der Waals surface area contributed by atoms with Crippen molar-refractivity contribution in [3.8, 4) is 62.1 Å². The molecular formula is C76H50N6. The highest BCUT2D eigenvalue weighted by atomic mass is 15.2. The number of hydrogen-bond donors (Lipinski definition) is 0. The molecule has 0 unspecified atom stereocenters. The molecule has 0 bridgehead atoms. The Bertz CT molecular complexity index is 5040. The van der Waals surface area contributed by atoms with Gasteiger partial charge in [-0.15, -0.1) is 0 Å². The van der Waals surface area contributed by atoms with Crippen molar-refractivity contribution in [3.05, 3.63) is 303 Å². The minimum atomic E-state index is 0.612. The number of fused-ring (bicyclic) bond motifs is 9. The summed E-state index contributed by atoms with van der Waals surface area (Å²) in [6.07, 6.45) is 0. The first-order chi connectivity index (χ1) is 40.7. The summed E-state index contributed by atoms with van der Waals surface area (Å²) < 4.78 is 7.00. The van der Waals surface area contributed by atoms with Crippen LogP contribution >= 0.6 is 0 Å². The highest BCUT2D eigenvalue weighted by molar-refractivity contribution is 6.13. The Morgan fingerprint density at radius 1 is 0.220 bits per heavy atom. The van der Waals surface area contributed by atoms with Gasteiger partial charge in [0.25, 0.3) is 0 Å². The second-order valence-corrected chi connectivity index (χ2v) is 21.0. The number of benzene rings is 12. The van der Waals surface area contributed by atoms with E-state index in [9.17, 15) is 0 Å². The topological polar surface area (TPSA) is 43.8 Å². The molecule has 0 amide bonds. The summed E-state index contributed by atoms with van der Waals surface area (Å²) in [7, 11) is 0. The van der Waals surface area contributed by atoms with Crippen LogP contribution in [0.4, 0.5) is 17.1 Å². The highest BCUT2D eigenvalue weighted by Crippen LogP contribution is 2.42. The van der Waals surface area contributed by atoms with Gasteiger partial charge in [-0.25, -0.2) is 9.97 Å². The van der Waals surface area contributed by atoms with Crippen molar-refractivity contribution in [2.45, 2.75) is 0 Å². The van der Waals surface area contributed by atoms with Gasteiger partial charge in [0.05, 0.1) is 44.5 Å². The number of nitrogens with zero attached hydrogens (tertiary/aromatic N) is 6. The van der Waals surface area contributed by atoms with E-state index in [1.165, 1.54) is 32.6 Å². The predicted molar refractivity (Wildman–Crippen MR) is 341 cm³/mol. The van der Waals surface area contributed by atoms with Crippen molar-refractivity contribution < 1.29 is 0 Å². The molecule has 4 aromatic heterocycles. The zero-order valence-corrected chi connectivity index (χ0v) is 44.6. The van der Waals surface area contributed by atoms with Crippen LogP contribution in [0.2, 0.25) is 0 Å². The average molecular weight is 1050 g/mol. The first-order valence-corrected chi connectivity index (χ1v) is 27.9. The van der Waals surface area contributed by atoms with E-state index in [2.05, 4.69) is 322 Å². The molecule has 0 saturated carbocycles. The lowest BCUT2D eigenvalue weighted by molar-refractivity contribution is 0.995. The summed E-state index contributed by atoms with van der Waals surface area (Å²) in [5, 5.41) is 7.13. The van der Waals surface area contributed by atoms with Crippen molar-refractivity contribution in [1.82, 2.24) is 23.7 Å². The first-order valence-electron chi connectivity index (χ1n) is 27.9. The number of rotatable bonds is 10. The molecule has 0 radical (unpaired) electrons. The molecule has 0 saturated heterocycles. The van der Waals surface area contributed by atoms with Crippen LogP contribution in [0.1, 0.15) is 0 Å². The van der Waals surface area contributed by atoms with Crippen molar-refractivity contribution in [2.24, 2.45) is 0 Å². The highest BCUT2D eigenvalue weighted by Gasteiger charge is 2.21. The van der Waals surface area contributed by atoms with Gasteiger partial charge in [-0.1, -0.05) is 182 Å². The van der Waals surface area contributed by atoms with Gasteiger partial charge < -0.3 is 14.0 Å². The van der Waals surface area contributed by atoms with Crippen LogP contribution < -0.4 is 4.90 Å². The normalized spacial score (nSPS) is 11.7. The molecule has 82 heavy (non-hydrogen) atoms. The molecule has 4 heterocycles. The van der Waals surface area contributed by atoms with Crippen LogP contribution in [-0.2, 0) is 0 Å². The average Bonchev–Trinajstić information content (AvgIpc) is 4.41. The van der Waals surface area contributed by atoms with Crippen LogP contribution in [0.3, 0.4) is 0 Å². The van der Waals surface area contributed by atoms with Crippen LogP contribution in [0.5, 0.6) is 0 Å². The number of anilines is 3. The van der Waals surface area contributed by atoms with E-state index in [1.54, 1.807) is 0 Å². The SMILES string of the molecule is c1ccc(-c2cc(-c3cccc(-n4c5ccccc5c5cc(-c6ccc(N(c7ccccc7)c7ccccc7)cc6)ccc54)c3)nc(-n3c4ccccc4c4cc(-c5ccc6c(c5)c5ccccc5n6-c5ccccc5)ccc43)n2)cc1. The van der Waals surface area contributed by atoms with Gasteiger partial charge in [-0.2, -0.15) is 0 Å². The zero-order chi connectivity index (χ0) is 54.1. The van der Waals surface area contributed by atoms with Gasteiger partial charge in [0.15, 0.2) is 0 Å². The maximum Gasteiger partial charge on any atom is 0.235 e. The van der Waals surface area contributed by atoms with E-state index in [0.29, 0.717) is 5.95 Å². The van der Waals surface area contributed by atoms with Crippen molar-refractivity contribution in [2.75, 3.05) is 4.90 Å². The Kier molecular flexibility index (Phi) is 11.1. The molecule has 0 aliphatic heterocycles. The lowest BCUT2D eigenvalue weighted by atomic mass is 10.0. The van der Waals surface area contributed by atoms with E-state index in [0.717, 1.165) is 106 Å². The summed E-state index contributed by atoms with van der Waals surface area (Å²) in [6, 6.07) is 109. The van der Waals surface area contributed by atoms with Gasteiger partial charge in [0, 0.05) is 71.9 Å². The van der Waals surface area contributed by atoms with Gasteiger partial charge in [0.1, 0.15) is 0 Å². The minimum absolute atomic E-state index is 0.612. The largest absolute Gasteiger partial charge is 0.311 e. The van der Waals surface area contributed by atoms with Crippen molar-refractivity contribution >= 4 is 82.5 Å². The Morgan fingerprint density at radius 3 is 1.12 bits per heavy atom. The van der Waals surface area contributed by atoms with E-state index >= 15 is 0 Å². The fourth-order valence-corrected chi connectivity index (χ4v) is 12.5. The molecule has 6 heteroatoms. The van der Waals surface area contributed by atoms with Crippen LogP contribution in [0.15, 0.2) is 303 Å². The van der Waals surface area contributed by atoms with E-state index in [4.69, 9.17) is 9.97 Å². The molecule has 0 aliphatic carbocycles. The minimum Gasteiger partial charge on any atom is -0.311 e. The third-order valence-corrected chi connectivity index (χ3v) is 16.2. The number of para-hydroxylation sites is 6. The number of hydrogen-bond acceptors (Lipinski definition) is 3. The van der Waals surface area contributed by atoms with Crippen molar-refractivity contribution in [3.63, 3.8) is 0 Å². The molecule has 6 nitrogen and oxygen atoms in total. The van der Waals surface area contributed by atoms with Crippen LogP contribution in [0.25, 0.3) is 128 Å². The van der Waals surface area contributed by atoms with E-state index in [-0.39, 0.29) is 0 Å². The maximum atomic E-state index is 5.52. The summed E-state index contributed by atoms with van der Waals surface area (Å²) in [4.78, 5) is 13.2. The Hall–Kier alpha value is -11.1. The molecule has 16 aromatic rings. The Labute approximate surface area is 473 Å². The molecule has 0 aliphatic rings. The lowest BCUT2D eigenvalue weighted by Crippen LogP contribution is -2.09. The second kappa shape index (κ2) is 19.4. The summed E-state index contributed by atoms with van der Waals surface area (Å²) in [5.41, 5.74) is 20.6. The molecule has 0 atom stereocenters. The monoisotopic (exact) mass is 1050 g/mol. The molecule has 0 spiro atoms. The number of aromatic nitrogens is 5. The maximum absolute atomic E-state index is 5.52. The fourth-order valence-electron chi connectivity index (χ4n) is 12.5. The Balaban J connectivity index is 0.793. The smallest absolute Gasteiger partial charge is 0.235 e. The van der Waals surface area contributed by atoms with Gasteiger partial charge >= 0.3 is 0 Å². The van der Waals surface area contributed by atoms with Gasteiger partial charge in [-0.05, 0) is 144 Å². The molecule has 16 rings (SSSR count).